The van der Waals surface area contributed by atoms with Crippen LogP contribution < -0.4 is 0 Å². The molecule has 2 aromatic rings. The number of allylic oxidation sites excluding steroid dienone is 5. The summed E-state index contributed by atoms with van der Waals surface area (Å²) in [5.74, 6) is -0.301. The molecular formula is C21H22O2. The first kappa shape index (κ1) is 16.8. The molecule has 0 aromatic heterocycles. The average Bonchev–Trinajstić information content (AvgIpc) is 2.54. The molecule has 0 fully saturated rings. The molecular weight excluding hydrogens is 284 g/mol. The SMILES string of the molecule is CCOC(=O)/C=C(C)/C=C/C=C(/C)c1ccc2ccccc2c1. The third kappa shape index (κ3) is 4.96. The molecule has 0 radical (unpaired) electrons. The second-order valence-corrected chi connectivity index (χ2v) is 5.41. The van der Waals surface area contributed by atoms with E-state index in [1.807, 2.05) is 31.2 Å². The van der Waals surface area contributed by atoms with Crippen LogP contribution in [-0.4, -0.2) is 12.6 Å². The Balaban J connectivity index is 2.12. The van der Waals surface area contributed by atoms with Crippen LogP contribution in [0.2, 0.25) is 0 Å². The van der Waals surface area contributed by atoms with Crippen LogP contribution in [-0.2, 0) is 9.53 Å². The molecule has 0 aliphatic heterocycles. The van der Waals surface area contributed by atoms with Crippen molar-refractivity contribution in [1.29, 1.82) is 0 Å². The van der Waals surface area contributed by atoms with Gasteiger partial charge in [-0.05, 0) is 54.3 Å². The molecule has 2 rings (SSSR count). The zero-order chi connectivity index (χ0) is 16.7. The highest BCUT2D eigenvalue weighted by atomic mass is 16.5. The van der Waals surface area contributed by atoms with E-state index in [1.165, 1.54) is 28.0 Å². The maximum atomic E-state index is 11.3. The van der Waals surface area contributed by atoms with Gasteiger partial charge in [0.2, 0.25) is 0 Å². The minimum absolute atomic E-state index is 0.301. The summed E-state index contributed by atoms with van der Waals surface area (Å²) in [6.45, 7) is 6.16. The molecule has 0 spiro atoms. The first-order valence-corrected chi connectivity index (χ1v) is 7.79. The van der Waals surface area contributed by atoms with Gasteiger partial charge in [0.15, 0.2) is 0 Å². The van der Waals surface area contributed by atoms with Crippen molar-refractivity contribution in [3.05, 3.63) is 77.9 Å². The predicted molar refractivity (Wildman–Crippen MR) is 97.1 cm³/mol. The van der Waals surface area contributed by atoms with Crippen molar-refractivity contribution in [3.63, 3.8) is 0 Å². The highest BCUT2D eigenvalue weighted by molar-refractivity contribution is 5.86. The number of rotatable bonds is 5. The molecule has 0 aliphatic carbocycles. The highest BCUT2D eigenvalue weighted by Crippen LogP contribution is 2.21. The topological polar surface area (TPSA) is 26.3 Å². The van der Waals surface area contributed by atoms with Gasteiger partial charge < -0.3 is 4.74 Å². The van der Waals surface area contributed by atoms with Gasteiger partial charge in [0, 0.05) is 6.08 Å². The summed E-state index contributed by atoms with van der Waals surface area (Å²) in [5, 5.41) is 2.48. The molecule has 2 heteroatoms. The Kier molecular flexibility index (Phi) is 5.93. The van der Waals surface area contributed by atoms with E-state index in [2.05, 4.69) is 43.3 Å². The summed E-state index contributed by atoms with van der Waals surface area (Å²) in [6, 6.07) is 14.8. The lowest BCUT2D eigenvalue weighted by Crippen LogP contribution is -1.99. The van der Waals surface area contributed by atoms with Gasteiger partial charge in [0.25, 0.3) is 0 Å². The summed E-state index contributed by atoms with van der Waals surface area (Å²) < 4.78 is 4.89. The van der Waals surface area contributed by atoms with E-state index < -0.39 is 0 Å². The summed E-state index contributed by atoms with van der Waals surface area (Å²) >= 11 is 0. The predicted octanol–water partition coefficient (Wildman–Crippen LogP) is 5.31. The van der Waals surface area contributed by atoms with Crippen LogP contribution in [0, 0.1) is 0 Å². The van der Waals surface area contributed by atoms with Gasteiger partial charge in [0.1, 0.15) is 0 Å². The van der Waals surface area contributed by atoms with E-state index in [9.17, 15) is 4.79 Å². The summed E-state index contributed by atoms with van der Waals surface area (Å²) in [4.78, 5) is 11.3. The number of carbonyl (C=O) groups excluding carboxylic acids is 1. The van der Waals surface area contributed by atoms with Crippen molar-refractivity contribution >= 4 is 22.3 Å². The van der Waals surface area contributed by atoms with Gasteiger partial charge in [-0.3, -0.25) is 0 Å². The molecule has 0 heterocycles. The van der Waals surface area contributed by atoms with Crippen LogP contribution in [0.5, 0.6) is 0 Å². The van der Waals surface area contributed by atoms with Crippen molar-refractivity contribution < 1.29 is 9.53 Å². The number of fused-ring (bicyclic) bond motifs is 1. The maximum absolute atomic E-state index is 11.3. The van der Waals surface area contributed by atoms with Crippen LogP contribution in [0.25, 0.3) is 16.3 Å². The molecule has 0 N–H and O–H groups in total. The molecule has 2 aromatic carbocycles. The number of hydrogen-bond donors (Lipinski definition) is 0. The van der Waals surface area contributed by atoms with Gasteiger partial charge >= 0.3 is 5.97 Å². The molecule has 0 saturated carbocycles. The smallest absolute Gasteiger partial charge is 0.330 e. The van der Waals surface area contributed by atoms with Crippen LogP contribution >= 0.6 is 0 Å². The largest absolute Gasteiger partial charge is 0.463 e. The van der Waals surface area contributed by atoms with Crippen LogP contribution in [0.15, 0.2) is 72.3 Å². The molecule has 0 aliphatic rings. The first-order chi connectivity index (χ1) is 11.1. The Labute approximate surface area is 137 Å². The fraction of sp³-hybridized carbons (Fsp3) is 0.190. The summed E-state index contributed by atoms with van der Waals surface area (Å²) in [7, 11) is 0. The van der Waals surface area contributed by atoms with Crippen molar-refractivity contribution in [3.8, 4) is 0 Å². The molecule has 0 unspecified atom stereocenters. The minimum Gasteiger partial charge on any atom is -0.463 e. The fourth-order valence-corrected chi connectivity index (χ4v) is 2.29. The van der Waals surface area contributed by atoms with Gasteiger partial charge in [-0.2, -0.15) is 0 Å². The number of carbonyl (C=O) groups is 1. The quantitative estimate of drug-likeness (QED) is 0.425. The maximum Gasteiger partial charge on any atom is 0.330 e. The van der Waals surface area contributed by atoms with E-state index >= 15 is 0 Å². The van der Waals surface area contributed by atoms with E-state index in [0.717, 1.165) is 5.57 Å². The second-order valence-electron chi connectivity index (χ2n) is 5.41. The van der Waals surface area contributed by atoms with Crippen molar-refractivity contribution in [2.45, 2.75) is 20.8 Å². The second kappa shape index (κ2) is 8.14. The number of hydrogen-bond acceptors (Lipinski definition) is 2. The molecule has 0 bridgehead atoms. The Morgan fingerprint density at radius 3 is 2.57 bits per heavy atom. The van der Waals surface area contributed by atoms with Gasteiger partial charge in [-0.15, -0.1) is 0 Å². The lowest BCUT2D eigenvalue weighted by Gasteiger charge is -2.03. The summed E-state index contributed by atoms with van der Waals surface area (Å²) in [6.07, 6.45) is 7.41. The molecule has 0 amide bonds. The van der Waals surface area contributed by atoms with E-state index in [0.29, 0.717) is 6.61 Å². The van der Waals surface area contributed by atoms with E-state index in [-0.39, 0.29) is 5.97 Å². The number of esters is 1. The van der Waals surface area contributed by atoms with Crippen molar-refractivity contribution in [1.82, 2.24) is 0 Å². The fourth-order valence-electron chi connectivity index (χ4n) is 2.29. The molecule has 2 nitrogen and oxygen atoms in total. The Hall–Kier alpha value is -2.61. The standard InChI is InChI=1S/C21H22O2/c1-4-23-21(22)14-16(2)8-7-9-17(3)19-13-12-18-10-5-6-11-20(18)15-19/h5-15H,4H2,1-3H3/b8-7+,16-14+,17-9-. The van der Waals surface area contributed by atoms with Gasteiger partial charge in [-0.25, -0.2) is 4.79 Å². The summed E-state index contributed by atoms with van der Waals surface area (Å²) in [5.41, 5.74) is 3.24. The molecule has 118 valence electrons. The minimum atomic E-state index is -0.301. The highest BCUT2D eigenvalue weighted by Gasteiger charge is 1.98. The first-order valence-electron chi connectivity index (χ1n) is 7.79. The molecule has 23 heavy (non-hydrogen) atoms. The Morgan fingerprint density at radius 2 is 1.83 bits per heavy atom. The molecule has 0 saturated heterocycles. The van der Waals surface area contributed by atoms with Crippen molar-refractivity contribution in [2.75, 3.05) is 6.61 Å². The lowest BCUT2D eigenvalue weighted by molar-refractivity contribution is -0.137. The average molecular weight is 306 g/mol. The normalized spacial score (nSPS) is 12.8. The number of ether oxygens (including phenoxy) is 1. The monoisotopic (exact) mass is 306 g/mol. The van der Waals surface area contributed by atoms with E-state index in [1.54, 1.807) is 6.92 Å². The van der Waals surface area contributed by atoms with E-state index in [4.69, 9.17) is 4.74 Å². The number of benzene rings is 2. The third-order valence-corrected chi connectivity index (χ3v) is 3.54. The van der Waals surface area contributed by atoms with Gasteiger partial charge in [-0.1, -0.05) is 54.6 Å². The lowest BCUT2D eigenvalue weighted by atomic mass is 10.0. The third-order valence-electron chi connectivity index (χ3n) is 3.54. The van der Waals surface area contributed by atoms with Gasteiger partial charge in [0.05, 0.1) is 6.61 Å². The van der Waals surface area contributed by atoms with Crippen LogP contribution in [0.1, 0.15) is 26.3 Å². The van der Waals surface area contributed by atoms with Crippen LogP contribution in [0.3, 0.4) is 0 Å². The van der Waals surface area contributed by atoms with Crippen molar-refractivity contribution in [2.24, 2.45) is 0 Å². The zero-order valence-corrected chi connectivity index (χ0v) is 13.9. The molecule has 0 atom stereocenters. The Morgan fingerprint density at radius 1 is 1.09 bits per heavy atom. The Bertz CT molecular complexity index is 779. The van der Waals surface area contributed by atoms with Crippen LogP contribution in [0.4, 0.5) is 0 Å². The zero-order valence-electron chi connectivity index (χ0n) is 13.9.